The van der Waals surface area contributed by atoms with Crippen molar-refractivity contribution in [2.45, 2.75) is 69.2 Å². The first kappa shape index (κ1) is 18.7. The number of fused-ring (bicyclic) bond motifs is 1. The molecule has 1 amide bonds. The Morgan fingerprint density at radius 3 is 3.07 bits per heavy atom. The number of ether oxygens (including phenoxy) is 2. The average molecular weight is 374 g/mol. The molecule has 4 rings (SSSR count). The lowest BCUT2D eigenvalue weighted by molar-refractivity contribution is -0.124. The van der Waals surface area contributed by atoms with Crippen molar-refractivity contribution in [3.8, 4) is 5.88 Å². The van der Waals surface area contributed by atoms with E-state index in [-0.39, 0.29) is 18.1 Å². The maximum absolute atomic E-state index is 12.6. The number of amides is 1. The minimum atomic E-state index is -0.202. The normalized spacial score (nSPS) is 33.3. The zero-order valence-electron chi connectivity index (χ0n) is 15.7. The molecule has 7 nitrogen and oxygen atoms in total. The number of hydrazine groups is 1. The molecular weight excluding hydrogens is 344 g/mol. The number of nitrogens with one attached hydrogen (secondary N) is 3. The third kappa shape index (κ3) is 4.78. The number of hydrogen-bond acceptors (Lipinski definition) is 6. The molecular formula is C20H30N4O3. The Bertz CT molecular complexity index is 615. The molecule has 2 saturated heterocycles. The summed E-state index contributed by atoms with van der Waals surface area (Å²) in [7, 11) is 0. The molecule has 0 bridgehead atoms. The second kappa shape index (κ2) is 8.99. The van der Waals surface area contributed by atoms with Gasteiger partial charge < -0.3 is 14.8 Å². The van der Waals surface area contributed by atoms with E-state index in [0.717, 1.165) is 12.8 Å². The molecule has 5 atom stereocenters. The first-order valence-corrected chi connectivity index (χ1v) is 10.3. The van der Waals surface area contributed by atoms with Gasteiger partial charge >= 0.3 is 0 Å². The second-order valence-corrected chi connectivity index (χ2v) is 7.85. The number of aromatic nitrogens is 1. The highest BCUT2D eigenvalue weighted by Crippen LogP contribution is 2.31. The highest BCUT2D eigenvalue weighted by Gasteiger charge is 2.37. The van der Waals surface area contributed by atoms with Gasteiger partial charge in [0, 0.05) is 37.4 Å². The van der Waals surface area contributed by atoms with Crippen molar-refractivity contribution in [2.75, 3.05) is 13.2 Å². The Labute approximate surface area is 160 Å². The topological polar surface area (TPSA) is 84.5 Å². The molecule has 0 aromatic carbocycles. The summed E-state index contributed by atoms with van der Waals surface area (Å²) in [5.41, 5.74) is 6.84. The van der Waals surface area contributed by atoms with E-state index in [4.69, 9.17) is 9.47 Å². The largest absolute Gasteiger partial charge is 0.470 e. The number of nitrogens with zero attached hydrogens (tertiary/aromatic N) is 1. The maximum atomic E-state index is 12.6. The van der Waals surface area contributed by atoms with E-state index in [2.05, 4.69) is 21.2 Å². The molecule has 2 aliphatic heterocycles. The SMILES string of the molecule is O=C(CCC1NNC2CCCCC21)N[C@@H]1CCOC[C@H]1Oc1ccccn1. The summed E-state index contributed by atoms with van der Waals surface area (Å²) < 4.78 is 11.5. The van der Waals surface area contributed by atoms with Gasteiger partial charge in [-0.3, -0.25) is 15.6 Å². The molecule has 27 heavy (non-hydrogen) atoms. The summed E-state index contributed by atoms with van der Waals surface area (Å²) in [5.74, 6) is 1.32. The number of pyridine rings is 1. The van der Waals surface area contributed by atoms with Gasteiger partial charge in [-0.15, -0.1) is 0 Å². The molecule has 1 aliphatic carbocycles. The highest BCUT2D eigenvalue weighted by molar-refractivity contribution is 5.76. The van der Waals surface area contributed by atoms with Crippen molar-refractivity contribution < 1.29 is 14.3 Å². The van der Waals surface area contributed by atoms with E-state index < -0.39 is 0 Å². The van der Waals surface area contributed by atoms with Gasteiger partial charge in [0.15, 0.2) is 0 Å². The Morgan fingerprint density at radius 2 is 2.19 bits per heavy atom. The predicted octanol–water partition coefficient (Wildman–Crippen LogP) is 1.55. The summed E-state index contributed by atoms with van der Waals surface area (Å²) in [5, 5.41) is 3.17. The Balaban J connectivity index is 1.26. The lowest BCUT2D eigenvalue weighted by Gasteiger charge is -2.32. The van der Waals surface area contributed by atoms with Crippen LogP contribution in [0.15, 0.2) is 24.4 Å². The summed E-state index contributed by atoms with van der Waals surface area (Å²) in [4.78, 5) is 16.8. The Kier molecular flexibility index (Phi) is 6.21. The van der Waals surface area contributed by atoms with Gasteiger partial charge in [-0.05, 0) is 37.7 Å². The van der Waals surface area contributed by atoms with Crippen molar-refractivity contribution >= 4 is 5.91 Å². The first-order valence-electron chi connectivity index (χ1n) is 10.3. The predicted molar refractivity (Wildman–Crippen MR) is 101 cm³/mol. The molecule has 0 spiro atoms. The highest BCUT2D eigenvalue weighted by atomic mass is 16.5. The summed E-state index contributed by atoms with van der Waals surface area (Å²) >= 11 is 0. The number of rotatable bonds is 6. The molecule has 0 radical (unpaired) electrons. The lowest BCUT2D eigenvalue weighted by Crippen LogP contribution is -2.51. The van der Waals surface area contributed by atoms with E-state index in [0.29, 0.717) is 43.5 Å². The van der Waals surface area contributed by atoms with Crippen molar-refractivity contribution in [3.63, 3.8) is 0 Å². The Hall–Kier alpha value is -1.70. The van der Waals surface area contributed by atoms with Gasteiger partial charge in [-0.25, -0.2) is 4.98 Å². The van der Waals surface area contributed by atoms with Crippen LogP contribution in [0.5, 0.6) is 5.88 Å². The average Bonchev–Trinajstić information content (AvgIpc) is 3.12. The third-order valence-corrected chi connectivity index (χ3v) is 6.03. The smallest absolute Gasteiger partial charge is 0.220 e. The van der Waals surface area contributed by atoms with E-state index in [1.807, 2.05) is 18.2 Å². The molecule has 3 unspecified atom stereocenters. The summed E-state index contributed by atoms with van der Waals surface area (Å²) in [6, 6.07) is 6.51. The van der Waals surface area contributed by atoms with Crippen LogP contribution in [0.4, 0.5) is 0 Å². The fourth-order valence-electron chi connectivity index (χ4n) is 4.56. The van der Waals surface area contributed by atoms with Crippen LogP contribution >= 0.6 is 0 Å². The van der Waals surface area contributed by atoms with Gasteiger partial charge in [0.1, 0.15) is 6.10 Å². The van der Waals surface area contributed by atoms with Crippen LogP contribution < -0.4 is 20.9 Å². The van der Waals surface area contributed by atoms with Gasteiger partial charge in [-0.1, -0.05) is 18.9 Å². The van der Waals surface area contributed by atoms with Gasteiger partial charge in [0.05, 0.1) is 12.6 Å². The van der Waals surface area contributed by atoms with Gasteiger partial charge in [0.2, 0.25) is 11.8 Å². The van der Waals surface area contributed by atoms with Crippen LogP contribution in [0.25, 0.3) is 0 Å². The third-order valence-electron chi connectivity index (χ3n) is 6.03. The van der Waals surface area contributed by atoms with E-state index >= 15 is 0 Å². The number of carbonyl (C=O) groups is 1. The standard InChI is InChI=1S/C20H30N4O3/c25-19(9-8-16-14-5-1-2-6-15(14)23-24-16)22-17-10-12-26-13-18(17)27-20-7-3-4-11-21-20/h3-4,7,11,14-18,23-24H,1-2,5-6,8-10,12-13H2,(H,22,25)/t14?,15?,16?,17-,18-/m1/s1. The van der Waals surface area contributed by atoms with Crippen molar-refractivity contribution in [1.29, 1.82) is 0 Å². The van der Waals surface area contributed by atoms with Crippen molar-refractivity contribution in [3.05, 3.63) is 24.4 Å². The quantitative estimate of drug-likeness (QED) is 0.701. The molecule has 1 aromatic heterocycles. The second-order valence-electron chi connectivity index (χ2n) is 7.85. The fraction of sp³-hybridized carbons (Fsp3) is 0.700. The molecule has 3 heterocycles. The molecule has 148 valence electrons. The zero-order valence-corrected chi connectivity index (χ0v) is 15.7. The molecule has 3 fully saturated rings. The number of carbonyl (C=O) groups excluding carboxylic acids is 1. The van der Waals surface area contributed by atoms with Crippen molar-refractivity contribution in [1.82, 2.24) is 21.2 Å². The minimum absolute atomic E-state index is 0.0367. The monoisotopic (exact) mass is 374 g/mol. The van der Waals surface area contributed by atoms with Crippen LogP contribution in [0.3, 0.4) is 0 Å². The molecule has 3 N–H and O–H groups in total. The van der Waals surface area contributed by atoms with Crippen LogP contribution in [-0.4, -0.2) is 48.3 Å². The molecule has 1 aromatic rings. The van der Waals surface area contributed by atoms with Crippen LogP contribution in [0.1, 0.15) is 44.9 Å². The number of hydrogen-bond donors (Lipinski definition) is 3. The van der Waals surface area contributed by atoms with Gasteiger partial charge in [-0.2, -0.15) is 0 Å². The lowest BCUT2D eigenvalue weighted by atomic mass is 9.80. The summed E-state index contributed by atoms with van der Waals surface area (Å²) in [6.07, 6.45) is 8.79. The van der Waals surface area contributed by atoms with Crippen LogP contribution in [-0.2, 0) is 9.53 Å². The van der Waals surface area contributed by atoms with Crippen LogP contribution in [0.2, 0.25) is 0 Å². The van der Waals surface area contributed by atoms with E-state index in [1.54, 1.807) is 6.20 Å². The van der Waals surface area contributed by atoms with Crippen LogP contribution in [0, 0.1) is 5.92 Å². The Morgan fingerprint density at radius 1 is 1.26 bits per heavy atom. The molecule has 1 saturated carbocycles. The van der Waals surface area contributed by atoms with E-state index in [9.17, 15) is 4.79 Å². The molecule has 3 aliphatic rings. The maximum Gasteiger partial charge on any atom is 0.220 e. The fourth-order valence-corrected chi connectivity index (χ4v) is 4.56. The molecule has 7 heteroatoms. The zero-order chi connectivity index (χ0) is 18.5. The first-order chi connectivity index (χ1) is 13.3. The summed E-state index contributed by atoms with van der Waals surface area (Å²) in [6.45, 7) is 1.12. The van der Waals surface area contributed by atoms with Crippen molar-refractivity contribution in [2.24, 2.45) is 5.92 Å². The minimum Gasteiger partial charge on any atom is -0.470 e. The van der Waals surface area contributed by atoms with Gasteiger partial charge in [0.25, 0.3) is 0 Å². The van der Waals surface area contributed by atoms with E-state index in [1.165, 1.54) is 25.7 Å².